The first kappa shape index (κ1) is 13.8. The number of nitrogens with zero attached hydrogens (tertiary/aromatic N) is 4. The molecule has 0 atom stereocenters. The Labute approximate surface area is 112 Å². The number of aromatic nitrogens is 4. The van der Waals surface area contributed by atoms with Crippen molar-refractivity contribution in [1.82, 2.24) is 19.7 Å². The van der Waals surface area contributed by atoms with Crippen molar-refractivity contribution in [2.24, 2.45) is 0 Å². The molecule has 0 spiro atoms. The molecule has 4 nitrogen and oxygen atoms in total. The first-order chi connectivity index (χ1) is 8.90. The van der Waals surface area contributed by atoms with Crippen molar-refractivity contribution in [3.8, 4) is 11.3 Å². The Morgan fingerprint density at radius 2 is 2.05 bits per heavy atom. The predicted molar refractivity (Wildman–Crippen MR) is 63.6 cm³/mol. The Hall–Kier alpha value is -1.63. The number of hydrogen-bond acceptors (Lipinski definition) is 3. The molecule has 0 unspecified atom stereocenters. The lowest BCUT2D eigenvalue weighted by molar-refractivity contribution is -0.144. The molecule has 19 heavy (non-hydrogen) atoms. The minimum atomic E-state index is -4.63. The Balaban J connectivity index is 2.41. The lowest BCUT2D eigenvalue weighted by Crippen LogP contribution is -2.11. The zero-order chi connectivity index (χ0) is 14.0. The zero-order valence-corrected chi connectivity index (χ0v) is 10.7. The molecule has 0 radical (unpaired) electrons. The van der Waals surface area contributed by atoms with Crippen LogP contribution in [0.15, 0.2) is 18.5 Å². The highest BCUT2D eigenvalue weighted by Gasteiger charge is 2.35. The summed E-state index contributed by atoms with van der Waals surface area (Å²) in [7, 11) is 0. The molecule has 0 amide bonds. The average molecular weight is 291 g/mol. The van der Waals surface area contributed by atoms with Gasteiger partial charge in [-0.2, -0.15) is 18.3 Å². The summed E-state index contributed by atoms with van der Waals surface area (Å²) in [5.41, 5.74) is 0.581. The van der Waals surface area contributed by atoms with Crippen LogP contribution >= 0.6 is 11.6 Å². The predicted octanol–water partition coefficient (Wildman–Crippen LogP) is 3.42. The fraction of sp³-hybridized carbons (Fsp3) is 0.364. The van der Waals surface area contributed by atoms with Crippen LogP contribution in [0.3, 0.4) is 0 Å². The van der Waals surface area contributed by atoms with E-state index in [9.17, 15) is 13.2 Å². The molecule has 2 aromatic heterocycles. The fourth-order valence-corrected chi connectivity index (χ4v) is 1.72. The van der Waals surface area contributed by atoms with Crippen LogP contribution in [0.2, 0.25) is 5.15 Å². The van der Waals surface area contributed by atoms with Crippen molar-refractivity contribution in [1.29, 1.82) is 0 Å². The molecule has 8 heteroatoms. The second kappa shape index (κ2) is 5.16. The van der Waals surface area contributed by atoms with E-state index in [1.807, 2.05) is 6.92 Å². The number of aryl methyl sites for hydroxylation is 1. The summed E-state index contributed by atoms with van der Waals surface area (Å²) >= 11 is 5.60. The van der Waals surface area contributed by atoms with Gasteiger partial charge in [0.1, 0.15) is 5.15 Å². The quantitative estimate of drug-likeness (QED) is 0.814. The van der Waals surface area contributed by atoms with E-state index >= 15 is 0 Å². The molecule has 2 aromatic rings. The van der Waals surface area contributed by atoms with Crippen LogP contribution in [0.4, 0.5) is 13.2 Å². The van der Waals surface area contributed by atoms with Gasteiger partial charge in [0.15, 0.2) is 0 Å². The molecule has 2 rings (SSSR count). The Morgan fingerprint density at radius 1 is 1.32 bits per heavy atom. The van der Waals surface area contributed by atoms with Crippen molar-refractivity contribution < 1.29 is 13.2 Å². The first-order valence-electron chi connectivity index (χ1n) is 5.54. The van der Waals surface area contributed by atoms with Crippen LogP contribution in [0.5, 0.6) is 0 Å². The Morgan fingerprint density at radius 3 is 2.68 bits per heavy atom. The minimum Gasteiger partial charge on any atom is -0.272 e. The third-order valence-electron chi connectivity index (χ3n) is 2.33. The number of hydrogen-bond donors (Lipinski definition) is 0. The number of halogens is 4. The molecule has 0 saturated heterocycles. The van der Waals surface area contributed by atoms with Crippen LogP contribution in [-0.2, 0) is 12.7 Å². The minimum absolute atomic E-state index is 0.106. The molecule has 0 aromatic carbocycles. The van der Waals surface area contributed by atoms with E-state index in [1.54, 1.807) is 10.9 Å². The average Bonchev–Trinajstić information content (AvgIpc) is 2.76. The molecular weight excluding hydrogens is 281 g/mol. The maximum atomic E-state index is 12.6. The van der Waals surface area contributed by atoms with E-state index in [2.05, 4.69) is 15.1 Å². The molecule has 0 aliphatic heterocycles. The van der Waals surface area contributed by atoms with Gasteiger partial charge in [0.2, 0.25) is 5.82 Å². The fourth-order valence-electron chi connectivity index (χ4n) is 1.54. The lowest BCUT2D eigenvalue weighted by atomic mass is 10.2. The van der Waals surface area contributed by atoms with E-state index in [0.717, 1.165) is 6.42 Å². The highest BCUT2D eigenvalue weighted by Crippen LogP contribution is 2.29. The summed E-state index contributed by atoms with van der Waals surface area (Å²) in [4.78, 5) is 6.65. The number of rotatable bonds is 3. The SMILES string of the molecule is CCCn1cc(-c2cc(Cl)nc(C(F)(F)F)n2)cn1. The third-order valence-corrected chi connectivity index (χ3v) is 2.52. The van der Waals surface area contributed by atoms with Gasteiger partial charge in [-0.1, -0.05) is 18.5 Å². The zero-order valence-electron chi connectivity index (χ0n) is 9.95. The molecule has 0 aliphatic rings. The second-order valence-electron chi connectivity index (χ2n) is 3.89. The summed E-state index contributed by atoms with van der Waals surface area (Å²) in [5, 5.41) is 3.79. The Kier molecular flexibility index (Phi) is 3.75. The van der Waals surface area contributed by atoms with Gasteiger partial charge in [0.25, 0.3) is 0 Å². The van der Waals surface area contributed by atoms with Crippen LogP contribution in [-0.4, -0.2) is 19.7 Å². The molecule has 0 saturated carbocycles. The molecule has 0 N–H and O–H groups in total. The van der Waals surface area contributed by atoms with Crippen molar-refractivity contribution in [2.75, 3.05) is 0 Å². The molecule has 0 fully saturated rings. The van der Waals surface area contributed by atoms with Gasteiger partial charge in [0.05, 0.1) is 11.9 Å². The standard InChI is InChI=1S/C11H10ClF3N4/c1-2-3-19-6-7(5-16-19)8-4-9(12)18-10(17-8)11(13,14)15/h4-6H,2-3H2,1H3. The van der Waals surface area contributed by atoms with E-state index in [1.165, 1.54) is 12.3 Å². The van der Waals surface area contributed by atoms with Gasteiger partial charge in [-0.15, -0.1) is 0 Å². The van der Waals surface area contributed by atoms with Gasteiger partial charge < -0.3 is 0 Å². The van der Waals surface area contributed by atoms with Gasteiger partial charge in [-0.25, -0.2) is 9.97 Å². The maximum absolute atomic E-state index is 12.6. The van der Waals surface area contributed by atoms with Gasteiger partial charge in [-0.3, -0.25) is 4.68 Å². The molecule has 0 bridgehead atoms. The van der Waals surface area contributed by atoms with E-state index in [0.29, 0.717) is 12.1 Å². The molecular formula is C11H10ClF3N4. The van der Waals surface area contributed by atoms with Crippen molar-refractivity contribution >= 4 is 11.6 Å². The van der Waals surface area contributed by atoms with Crippen LogP contribution in [0.25, 0.3) is 11.3 Å². The Bertz CT molecular complexity index is 580. The van der Waals surface area contributed by atoms with Gasteiger partial charge in [0, 0.05) is 24.4 Å². The number of alkyl halides is 3. The molecule has 2 heterocycles. The van der Waals surface area contributed by atoms with Crippen molar-refractivity contribution in [2.45, 2.75) is 26.1 Å². The summed E-state index contributed by atoms with van der Waals surface area (Å²) in [6.45, 7) is 2.66. The van der Waals surface area contributed by atoms with Crippen LogP contribution < -0.4 is 0 Å². The third kappa shape index (κ3) is 3.23. The van der Waals surface area contributed by atoms with E-state index in [-0.39, 0.29) is 10.8 Å². The highest BCUT2D eigenvalue weighted by molar-refractivity contribution is 6.29. The maximum Gasteiger partial charge on any atom is 0.451 e. The summed E-state index contributed by atoms with van der Waals surface area (Å²) in [6.07, 6.45) is -0.671. The lowest BCUT2D eigenvalue weighted by Gasteiger charge is -2.06. The topological polar surface area (TPSA) is 43.6 Å². The molecule has 102 valence electrons. The van der Waals surface area contributed by atoms with Crippen LogP contribution in [0.1, 0.15) is 19.2 Å². The largest absolute Gasteiger partial charge is 0.451 e. The summed E-state index contributed by atoms with van der Waals surface area (Å²) < 4.78 is 39.4. The van der Waals surface area contributed by atoms with E-state index < -0.39 is 12.0 Å². The van der Waals surface area contributed by atoms with Crippen molar-refractivity contribution in [3.63, 3.8) is 0 Å². The summed E-state index contributed by atoms with van der Waals surface area (Å²) in [5.74, 6) is -1.25. The van der Waals surface area contributed by atoms with E-state index in [4.69, 9.17) is 11.6 Å². The summed E-state index contributed by atoms with van der Waals surface area (Å²) in [6, 6.07) is 1.28. The smallest absolute Gasteiger partial charge is 0.272 e. The normalized spacial score (nSPS) is 11.8. The van der Waals surface area contributed by atoms with Crippen LogP contribution in [0, 0.1) is 0 Å². The monoisotopic (exact) mass is 290 g/mol. The van der Waals surface area contributed by atoms with Crippen molar-refractivity contribution in [3.05, 3.63) is 29.4 Å². The van der Waals surface area contributed by atoms with Gasteiger partial charge in [-0.05, 0) is 6.42 Å². The first-order valence-corrected chi connectivity index (χ1v) is 5.92. The second-order valence-corrected chi connectivity index (χ2v) is 4.28. The molecule has 0 aliphatic carbocycles. The highest BCUT2D eigenvalue weighted by atomic mass is 35.5. The van der Waals surface area contributed by atoms with Gasteiger partial charge >= 0.3 is 6.18 Å².